The van der Waals surface area contributed by atoms with E-state index in [0.717, 1.165) is 37.9 Å². The van der Waals surface area contributed by atoms with Gasteiger partial charge in [-0.2, -0.15) is 0 Å². The fourth-order valence-electron chi connectivity index (χ4n) is 6.44. The molecule has 4 fully saturated rings. The van der Waals surface area contributed by atoms with Gasteiger partial charge in [0.25, 0.3) is 0 Å². The Bertz CT molecular complexity index is 698. The molecule has 3 atom stereocenters. The summed E-state index contributed by atoms with van der Waals surface area (Å²) < 4.78 is 5.56. The molecule has 0 saturated heterocycles. The minimum absolute atomic E-state index is 0.0159. The lowest BCUT2D eigenvalue weighted by atomic mass is 9.46. The van der Waals surface area contributed by atoms with Gasteiger partial charge in [0, 0.05) is 19.0 Å². The van der Waals surface area contributed by atoms with Gasteiger partial charge >= 0.3 is 0 Å². The summed E-state index contributed by atoms with van der Waals surface area (Å²) in [7, 11) is 3.99. The van der Waals surface area contributed by atoms with E-state index in [-0.39, 0.29) is 28.8 Å². The van der Waals surface area contributed by atoms with Crippen molar-refractivity contribution in [2.45, 2.75) is 57.0 Å². The third kappa shape index (κ3) is 3.40. The quantitative estimate of drug-likeness (QED) is 0.803. The van der Waals surface area contributed by atoms with Crippen molar-refractivity contribution in [1.82, 2.24) is 15.5 Å². The lowest BCUT2D eigenvalue weighted by molar-refractivity contribution is -0.153. The Balaban J connectivity index is 1.49. The van der Waals surface area contributed by atoms with Crippen LogP contribution in [0.5, 0.6) is 0 Å². The first-order valence-corrected chi connectivity index (χ1v) is 10.1. The molecule has 4 saturated carbocycles. The highest BCUT2D eigenvalue weighted by atomic mass is 16.3. The van der Waals surface area contributed by atoms with Gasteiger partial charge in [-0.25, -0.2) is 0 Å². The summed E-state index contributed by atoms with van der Waals surface area (Å²) in [6.45, 7) is 2.12. The van der Waals surface area contributed by atoms with Gasteiger partial charge in [0.05, 0.1) is 17.7 Å². The minimum atomic E-state index is -0.327. The maximum absolute atomic E-state index is 13.3. The van der Waals surface area contributed by atoms with Crippen molar-refractivity contribution in [3.05, 3.63) is 24.2 Å². The highest BCUT2D eigenvalue weighted by molar-refractivity contribution is 5.84. The van der Waals surface area contributed by atoms with Crippen molar-refractivity contribution >= 4 is 11.8 Å². The van der Waals surface area contributed by atoms with Gasteiger partial charge in [-0.15, -0.1) is 0 Å². The normalized spacial score (nSPS) is 35.3. The van der Waals surface area contributed by atoms with E-state index in [1.165, 1.54) is 6.42 Å². The van der Waals surface area contributed by atoms with Crippen LogP contribution in [0.2, 0.25) is 0 Å². The van der Waals surface area contributed by atoms with Crippen LogP contribution < -0.4 is 10.6 Å². The lowest BCUT2D eigenvalue weighted by Gasteiger charge is -2.61. The Labute approximate surface area is 161 Å². The fraction of sp³-hybridized carbons (Fsp3) is 0.714. The second-order valence-electron chi connectivity index (χ2n) is 9.41. The molecule has 6 heteroatoms. The number of hydrogen-bond acceptors (Lipinski definition) is 4. The molecule has 148 valence electrons. The molecule has 1 aromatic rings. The molecule has 0 unspecified atom stereocenters. The van der Waals surface area contributed by atoms with Crippen molar-refractivity contribution in [3.63, 3.8) is 0 Å². The summed E-state index contributed by atoms with van der Waals surface area (Å²) in [6.07, 6.45) is 7.66. The summed E-state index contributed by atoms with van der Waals surface area (Å²) >= 11 is 0. The van der Waals surface area contributed by atoms with Gasteiger partial charge in [0.15, 0.2) is 0 Å². The molecular formula is C21H31N3O3. The van der Waals surface area contributed by atoms with Crippen LogP contribution in [0.3, 0.4) is 0 Å². The molecule has 6 nitrogen and oxygen atoms in total. The third-order valence-corrected chi connectivity index (χ3v) is 6.93. The largest absolute Gasteiger partial charge is 0.468 e. The number of carbonyl (C=O) groups excluding carboxylic acids is 2. The molecule has 1 heterocycles. The van der Waals surface area contributed by atoms with E-state index in [4.69, 9.17) is 4.42 Å². The van der Waals surface area contributed by atoms with E-state index in [1.54, 1.807) is 13.2 Å². The zero-order chi connectivity index (χ0) is 19.2. The van der Waals surface area contributed by atoms with Crippen LogP contribution in [0.15, 0.2) is 22.8 Å². The van der Waals surface area contributed by atoms with Crippen LogP contribution in [0, 0.1) is 17.3 Å². The molecule has 0 spiro atoms. The maximum Gasteiger partial charge on any atom is 0.226 e. The van der Waals surface area contributed by atoms with Crippen molar-refractivity contribution in [2.75, 3.05) is 20.6 Å². The Kier molecular flexibility index (Phi) is 4.57. The second-order valence-corrected chi connectivity index (χ2v) is 9.41. The summed E-state index contributed by atoms with van der Waals surface area (Å²) in [5.74, 6) is 2.15. The predicted molar refractivity (Wildman–Crippen MR) is 102 cm³/mol. The monoisotopic (exact) mass is 373 g/mol. The molecule has 0 aliphatic heterocycles. The summed E-state index contributed by atoms with van der Waals surface area (Å²) in [6, 6.07) is 3.85. The fourth-order valence-corrected chi connectivity index (χ4v) is 6.44. The van der Waals surface area contributed by atoms with Crippen molar-refractivity contribution in [2.24, 2.45) is 17.3 Å². The molecule has 1 aromatic heterocycles. The van der Waals surface area contributed by atoms with Crippen LogP contribution >= 0.6 is 0 Å². The number of carbonyl (C=O) groups is 2. The standard InChI is InChI=1S/C21H31N3O3/c1-14(25)23-21-10-15-7-16(11-21)9-20(8-15,13-21)19(26)22-12-17(24(2)3)18-5-4-6-27-18/h4-6,15-17H,7-13H2,1-3H3,(H,22,26)(H,23,25)/t15-,16-,17-,20?,21?/m0/s1. The molecule has 2 N–H and O–H groups in total. The first-order chi connectivity index (χ1) is 12.8. The molecule has 2 amide bonds. The van der Waals surface area contributed by atoms with E-state index in [0.29, 0.717) is 18.4 Å². The lowest BCUT2D eigenvalue weighted by Crippen LogP contribution is -2.65. The van der Waals surface area contributed by atoms with E-state index in [2.05, 4.69) is 15.5 Å². The van der Waals surface area contributed by atoms with Gasteiger partial charge in [-0.05, 0) is 76.6 Å². The van der Waals surface area contributed by atoms with E-state index >= 15 is 0 Å². The van der Waals surface area contributed by atoms with Gasteiger partial charge in [-0.1, -0.05) is 0 Å². The Hall–Kier alpha value is -1.82. The Morgan fingerprint density at radius 3 is 2.52 bits per heavy atom. The van der Waals surface area contributed by atoms with Crippen LogP contribution in [-0.4, -0.2) is 42.9 Å². The SMILES string of the molecule is CC(=O)NC12C[C@H]3C[C@H](C1)CC(C(=O)NC[C@@H](c1ccco1)N(C)C)(C3)C2. The predicted octanol–water partition coefficient (Wildman–Crippen LogP) is 2.47. The molecule has 4 aliphatic carbocycles. The zero-order valence-electron chi connectivity index (χ0n) is 16.6. The Morgan fingerprint density at radius 1 is 1.26 bits per heavy atom. The van der Waals surface area contributed by atoms with E-state index in [9.17, 15) is 9.59 Å². The molecular weight excluding hydrogens is 342 g/mol. The zero-order valence-corrected chi connectivity index (χ0v) is 16.6. The van der Waals surface area contributed by atoms with Gasteiger partial charge < -0.3 is 15.1 Å². The minimum Gasteiger partial charge on any atom is -0.468 e. The van der Waals surface area contributed by atoms with Crippen LogP contribution in [-0.2, 0) is 9.59 Å². The van der Waals surface area contributed by atoms with Crippen LogP contribution in [0.25, 0.3) is 0 Å². The van der Waals surface area contributed by atoms with Crippen LogP contribution in [0.1, 0.15) is 57.3 Å². The van der Waals surface area contributed by atoms with Crippen LogP contribution in [0.4, 0.5) is 0 Å². The molecule has 27 heavy (non-hydrogen) atoms. The summed E-state index contributed by atoms with van der Waals surface area (Å²) in [4.78, 5) is 27.2. The van der Waals surface area contributed by atoms with Gasteiger partial charge in [-0.3, -0.25) is 14.5 Å². The molecule has 4 aliphatic rings. The Morgan fingerprint density at radius 2 is 1.96 bits per heavy atom. The number of nitrogens with one attached hydrogen (secondary N) is 2. The highest BCUT2D eigenvalue weighted by Crippen LogP contribution is 2.61. The molecule has 4 bridgehead atoms. The number of rotatable bonds is 6. The maximum atomic E-state index is 13.3. The van der Waals surface area contributed by atoms with Crippen molar-refractivity contribution < 1.29 is 14.0 Å². The number of likely N-dealkylation sites (N-methyl/N-ethyl adjacent to an activating group) is 1. The average molecular weight is 373 g/mol. The number of nitrogens with zero attached hydrogens (tertiary/aromatic N) is 1. The molecule has 0 radical (unpaired) electrons. The highest BCUT2D eigenvalue weighted by Gasteiger charge is 2.60. The van der Waals surface area contributed by atoms with E-state index < -0.39 is 0 Å². The number of amides is 2. The third-order valence-electron chi connectivity index (χ3n) is 6.93. The smallest absolute Gasteiger partial charge is 0.226 e. The summed E-state index contributed by atoms with van der Waals surface area (Å²) in [5, 5.41) is 6.46. The molecule has 0 aromatic carbocycles. The number of furan rings is 1. The van der Waals surface area contributed by atoms with Gasteiger partial charge in [0.1, 0.15) is 5.76 Å². The summed E-state index contributed by atoms with van der Waals surface area (Å²) in [5.41, 5.74) is -0.498. The first-order valence-electron chi connectivity index (χ1n) is 10.1. The second kappa shape index (κ2) is 6.66. The number of hydrogen-bond donors (Lipinski definition) is 2. The van der Waals surface area contributed by atoms with E-state index in [1.807, 2.05) is 26.2 Å². The first kappa shape index (κ1) is 18.5. The van der Waals surface area contributed by atoms with Crippen molar-refractivity contribution in [3.8, 4) is 0 Å². The topological polar surface area (TPSA) is 74.6 Å². The van der Waals surface area contributed by atoms with Gasteiger partial charge in [0.2, 0.25) is 11.8 Å². The molecule has 5 rings (SSSR count). The average Bonchev–Trinajstić information content (AvgIpc) is 3.06. The van der Waals surface area contributed by atoms with Crippen molar-refractivity contribution in [1.29, 1.82) is 0 Å².